The summed E-state index contributed by atoms with van der Waals surface area (Å²) in [6, 6.07) is 0. The molecule has 3 rings (SSSR count). The summed E-state index contributed by atoms with van der Waals surface area (Å²) < 4.78 is 2.07. The second kappa shape index (κ2) is 4.77. The lowest BCUT2D eigenvalue weighted by Gasteiger charge is -2.26. The highest BCUT2D eigenvalue weighted by Gasteiger charge is 2.46. The summed E-state index contributed by atoms with van der Waals surface area (Å²) in [5.74, 6) is 1.36. The standard InChI is InChI=1S/C16H25N3/c1-12(2)16(9-10-16)19-11-15(17-18-19)13(3)14-7-5-4-6-8-14/h11,13-14H,1,4-10H2,2-3H3/t13-/m0/s1. The molecule has 0 N–H and O–H groups in total. The summed E-state index contributed by atoms with van der Waals surface area (Å²) in [6.07, 6.45) is 11.4. The molecule has 3 heteroatoms. The van der Waals surface area contributed by atoms with Crippen molar-refractivity contribution in [3.8, 4) is 0 Å². The molecular weight excluding hydrogens is 234 g/mol. The predicted molar refractivity (Wildman–Crippen MR) is 77.0 cm³/mol. The largest absolute Gasteiger partial charge is 0.242 e. The molecule has 2 aliphatic carbocycles. The third kappa shape index (κ3) is 2.24. The van der Waals surface area contributed by atoms with Gasteiger partial charge in [0, 0.05) is 12.1 Å². The van der Waals surface area contributed by atoms with Crippen LogP contribution in [-0.4, -0.2) is 15.0 Å². The molecular formula is C16H25N3. The minimum atomic E-state index is 0.0948. The molecule has 3 nitrogen and oxygen atoms in total. The van der Waals surface area contributed by atoms with E-state index in [9.17, 15) is 0 Å². The van der Waals surface area contributed by atoms with Crippen LogP contribution in [0.15, 0.2) is 18.3 Å². The lowest BCUT2D eigenvalue weighted by atomic mass is 9.80. The van der Waals surface area contributed by atoms with E-state index in [0.29, 0.717) is 5.92 Å². The van der Waals surface area contributed by atoms with E-state index in [0.717, 1.165) is 5.92 Å². The number of hydrogen-bond donors (Lipinski definition) is 0. The van der Waals surface area contributed by atoms with Gasteiger partial charge in [0.1, 0.15) is 0 Å². The molecule has 19 heavy (non-hydrogen) atoms. The summed E-state index contributed by atoms with van der Waals surface area (Å²) in [6.45, 7) is 8.56. The van der Waals surface area contributed by atoms with Crippen molar-refractivity contribution >= 4 is 0 Å². The highest BCUT2D eigenvalue weighted by molar-refractivity contribution is 5.21. The molecule has 2 saturated carbocycles. The van der Waals surface area contributed by atoms with Crippen molar-refractivity contribution in [1.29, 1.82) is 0 Å². The lowest BCUT2D eigenvalue weighted by molar-refractivity contribution is 0.312. The lowest BCUT2D eigenvalue weighted by Crippen LogP contribution is -2.18. The molecule has 0 aliphatic heterocycles. The van der Waals surface area contributed by atoms with E-state index in [1.807, 2.05) is 0 Å². The van der Waals surface area contributed by atoms with Crippen LogP contribution in [-0.2, 0) is 5.54 Å². The molecule has 0 aromatic carbocycles. The Kier molecular flexibility index (Phi) is 3.23. The van der Waals surface area contributed by atoms with Crippen molar-refractivity contribution in [2.24, 2.45) is 5.92 Å². The Morgan fingerprint density at radius 3 is 2.63 bits per heavy atom. The van der Waals surface area contributed by atoms with Gasteiger partial charge < -0.3 is 0 Å². The first-order valence-electron chi connectivity index (χ1n) is 7.72. The van der Waals surface area contributed by atoms with Crippen LogP contribution < -0.4 is 0 Å². The fraction of sp³-hybridized carbons (Fsp3) is 0.750. The summed E-state index contributed by atoms with van der Waals surface area (Å²) in [5.41, 5.74) is 2.49. The molecule has 1 aromatic heterocycles. The van der Waals surface area contributed by atoms with Crippen LogP contribution in [0.1, 0.15) is 70.4 Å². The number of hydrogen-bond acceptors (Lipinski definition) is 2. The van der Waals surface area contributed by atoms with Crippen LogP contribution in [0.25, 0.3) is 0 Å². The van der Waals surface area contributed by atoms with Crippen LogP contribution in [0.4, 0.5) is 0 Å². The number of rotatable bonds is 4. The van der Waals surface area contributed by atoms with E-state index in [1.165, 1.54) is 56.2 Å². The fourth-order valence-corrected chi connectivity index (χ4v) is 3.54. The van der Waals surface area contributed by atoms with Gasteiger partial charge in [0.15, 0.2) is 0 Å². The van der Waals surface area contributed by atoms with E-state index in [1.54, 1.807) is 0 Å². The molecule has 0 saturated heterocycles. The fourth-order valence-electron chi connectivity index (χ4n) is 3.54. The van der Waals surface area contributed by atoms with E-state index in [2.05, 4.69) is 41.6 Å². The van der Waals surface area contributed by atoms with Crippen molar-refractivity contribution < 1.29 is 0 Å². The maximum absolute atomic E-state index is 4.45. The van der Waals surface area contributed by atoms with E-state index >= 15 is 0 Å². The average molecular weight is 259 g/mol. The van der Waals surface area contributed by atoms with Gasteiger partial charge in [0.25, 0.3) is 0 Å². The van der Waals surface area contributed by atoms with Gasteiger partial charge in [0.2, 0.25) is 0 Å². The topological polar surface area (TPSA) is 30.7 Å². The molecule has 0 unspecified atom stereocenters. The van der Waals surface area contributed by atoms with Gasteiger partial charge in [-0.3, -0.25) is 0 Å². The van der Waals surface area contributed by atoms with Crippen molar-refractivity contribution in [1.82, 2.24) is 15.0 Å². The predicted octanol–water partition coefficient (Wildman–Crippen LogP) is 4.03. The molecule has 0 radical (unpaired) electrons. The number of aromatic nitrogens is 3. The number of nitrogens with zero attached hydrogens (tertiary/aromatic N) is 3. The van der Waals surface area contributed by atoms with Gasteiger partial charge in [-0.05, 0) is 38.5 Å². The van der Waals surface area contributed by atoms with Crippen molar-refractivity contribution in [3.63, 3.8) is 0 Å². The molecule has 1 heterocycles. The smallest absolute Gasteiger partial charge is 0.0858 e. The Morgan fingerprint density at radius 2 is 2.05 bits per heavy atom. The Hall–Kier alpha value is -1.12. The minimum absolute atomic E-state index is 0.0948. The Bertz CT molecular complexity index is 464. The molecule has 2 fully saturated rings. The van der Waals surface area contributed by atoms with E-state index in [4.69, 9.17) is 0 Å². The summed E-state index contributed by atoms with van der Waals surface area (Å²) in [5, 5.41) is 8.85. The van der Waals surface area contributed by atoms with Crippen LogP contribution in [0.2, 0.25) is 0 Å². The highest BCUT2D eigenvalue weighted by Crippen LogP contribution is 2.48. The zero-order valence-electron chi connectivity index (χ0n) is 12.2. The molecule has 2 aliphatic rings. The highest BCUT2D eigenvalue weighted by atomic mass is 15.5. The second-order valence-corrected chi connectivity index (χ2v) is 6.59. The Morgan fingerprint density at radius 1 is 1.37 bits per heavy atom. The zero-order valence-corrected chi connectivity index (χ0v) is 12.2. The summed E-state index contributed by atoms with van der Waals surface area (Å²) >= 11 is 0. The molecule has 1 aromatic rings. The maximum atomic E-state index is 4.45. The SMILES string of the molecule is C=C(C)C1(n2cc([C@@H](C)C3CCCCC3)nn2)CC1. The van der Waals surface area contributed by atoms with Gasteiger partial charge in [-0.25, -0.2) is 4.68 Å². The molecule has 104 valence electrons. The Balaban J connectivity index is 1.76. The average Bonchev–Trinajstić information content (AvgIpc) is 3.11. The van der Waals surface area contributed by atoms with Crippen LogP contribution in [0, 0.1) is 5.92 Å². The monoisotopic (exact) mass is 259 g/mol. The van der Waals surface area contributed by atoms with Crippen LogP contribution in [0.3, 0.4) is 0 Å². The minimum Gasteiger partial charge on any atom is -0.242 e. The molecule has 1 atom stereocenters. The normalized spacial score (nSPS) is 24.1. The molecule has 0 amide bonds. The molecule has 0 bridgehead atoms. The summed E-state index contributed by atoms with van der Waals surface area (Å²) in [7, 11) is 0. The summed E-state index contributed by atoms with van der Waals surface area (Å²) in [4.78, 5) is 0. The first kappa shape index (κ1) is 12.9. The van der Waals surface area contributed by atoms with Crippen molar-refractivity contribution in [3.05, 3.63) is 24.0 Å². The van der Waals surface area contributed by atoms with Gasteiger partial charge in [-0.2, -0.15) is 0 Å². The third-order valence-corrected chi connectivity index (χ3v) is 5.29. The molecule has 0 spiro atoms. The quantitative estimate of drug-likeness (QED) is 0.764. The first-order valence-corrected chi connectivity index (χ1v) is 7.72. The van der Waals surface area contributed by atoms with E-state index < -0.39 is 0 Å². The second-order valence-electron chi connectivity index (χ2n) is 6.59. The van der Waals surface area contributed by atoms with Crippen molar-refractivity contribution in [2.75, 3.05) is 0 Å². The zero-order chi connectivity index (χ0) is 13.5. The first-order chi connectivity index (χ1) is 9.13. The van der Waals surface area contributed by atoms with Gasteiger partial charge in [-0.15, -0.1) is 5.10 Å². The van der Waals surface area contributed by atoms with Crippen molar-refractivity contribution in [2.45, 2.75) is 70.3 Å². The van der Waals surface area contributed by atoms with Crippen LogP contribution >= 0.6 is 0 Å². The number of allylic oxidation sites excluding steroid dienone is 1. The van der Waals surface area contributed by atoms with E-state index in [-0.39, 0.29) is 5.54 Å². The third-order valence-electron chi connectivity index (χ3n) is 5.29. The Labute approximate surface area is 116 Å². The van der Waals surface area contributed by atoms with Gasteiger partial charge in [0.05, 0.1) is 11.2 Å². The maximum Gasteiger partial charge on any atom is 0.0858 e. The van der Waals surface area contributed by atoms with Crippen LogP contribution in [0.5, 0.6) is 0 Å². The van der Waals surface area contributed by atoms with Gasteiger partial charge in [-0.1, -0.05) is 43.6 Å². The van der Waals surface area contributed by atoms with Gasteiger partial charge >= 0.3 is 0 Å².